The van der Waals surface area contributed by atoms with Crippen LogP contribution in [-0.2, 0) is 23.3 Å². The number of unbranched alkanes of at least 4 members (excludes halogenated alkanes) is 1. The van der Waals surface area contributed by atoms with Crippen molar-refractivity contribution in [3.05, 3.63) is 84.8 Å². The summed E-state index contributed by atoms with van der Waals surface area (Å²) in [5, 5.41) is 12.2. The monoisotopic (exact) mass is 582 g/mol. The van der Waals surface area contributed by atoms with Crippen LogP contribution in [0.1, 0.15) is 24.1 Å². The largest absolute Gasteiger partial charge is 0.439 e. The van der Waals surface area contributed by atoms with Gasteiger partial charge in [0, 0.05) is 47.6 Å². The van der Waals surface area contributed by atoms with E-state index in [1.54, 1.807) is 29.4 Å². The lowest BCUT2D eigenvalue weighted by Gasteiger charge is -2.13. The van der Waals surface area contributed by atoms with Gasteiger partial charge in [0.2, 0.25) is 5.88 Å². The van der Waals surface area contributed by atoms with E-state index in [-0.39, 0.29) is 5.75 Å². The number of benzene rings is 2. The fourth-order valence-electron chi connectivity index (χ4n) is 4.94. The van der Waals surface area contributed by atoms with Crippen LogP contribution in [0.15, 0.2) is 73.6 Å². The topological polar surface area (TPSA) is 129 Å². The summed E-state index contributed by atoms with van der Waals surface area (Å²) in [5.74, 6) is 2.04. The van der Waals surface area contributed by atoms with Gasteiger partial charge in [-0.1, -0.05) is 6.07 Å². The van der Waals surface area contributed by atoms with E-state index in [0.29, 0.717) is 29.5 Å². The Balaban J connectivity index is 1.21. The van der Waals surface area contributed by atoms with Crippen molar-refractivity contribution in [3.63, 3.8) is 0 Å². The van der Waals surface area contributed by atoms with Crippen molar-refractivity contribution in [1.82, 2.24) is 34.1 Å². The number of aromatic nitrogens is 7. The summed E-state index contributed by atoms with van der Waals surface area (Å²) in [4.78, 5) is 13.3. The van der Waals surface area contributed by atoms with Gasteiger partial charge in [-0.3, -0.25) is 4.40 Å². The second-order valence-electron chi connectivity index (χ2n) is 10.3. The molecule has 0 aliphatic carbocycles. The number of aryl methyl sites for hydroxylation is 2. The van der Waals surface area contributed by atoms with Crippen LogP contribution in [0.5, 0.6) is 11.6 Å². The first kappa shape index (κ1) is 27.3. The first-order valence-corrected chi connectivity index (χ1v) is 15.6. The molecule has 0 bridgehead atoms. The van der Waals surface area contributed by atoms with Gasteiger partial charge in [0.05, 0.1) is 5.52 Å². The molecule has 6 rings (SSSR count). The molecule has 6 aromatic rings. The van der Waals surface area contributed by atoms with Crippen LogP contribution in [0.2, 0.25) is 0 Å². The molecule has 0 saturated carbocycles. The zero-order valence-corrected chi connectivity index (χ0v) is 24.3. The van der Waals surface area contributed by atoms with Crippen molar-refractivity contribution in [2.24, 2.45) is 7.05 Å². The lowest BCUT2D eigenvalue weighted by atomic mass is 10.1. The number of fused-ring (bicyclic) bond motifs is 2. The molecule has 11 nitrogen and oxygen atoms in total. The summed E-state index contributed by atoms with van der Waals surface area (Å²) < 4.78 is 32.8. The molecule has 0 unspecified atom stereocenters. The third-order valence-electron chi connectivity index (χ3n) is 7.17. The second-order valence-corrected chi connectivity index (χ2v) is 12.6. The minimum atomic E-state index is -2.93. The fourth-order valence-corrected chi connectivity index (χ4v) is 5.67. The summed E-state index contributed by atoms with van der Waals surface area (Å²) in [5.41, 5.74) is 6.55. The highest BCUT2D eigenvalue weighted by molar-refractivity contribution is 7.90. The van der Waals surface area contributed by atoms with Gasteiger partial charge in [-0.05, 0) is 79.8 Å². The molecule has 1 N–H and O–H groups in total. The van der Waals surface area contributed by atoms with E-state index in [1.165, 1.54) is 6.26 Å². The number of nitrogens with one attached hydrogen (secondary N) is 1. The fraction of sp³-hybridized carbons (Fsp3) is 0.233. The average Bonchev–Trinajstić information content (AvgIpc) is 3.58. The van der Waals surface area contributed by atoms with Gasteiger partial charge in [-0.2, -0.15) is 0 Å². The van der Waals surface area contributed by atoms with Gasteiger partial charge in [0.25, 0.3) is 0 Å². The number of ether oxygens (including phenoxy) is 1. The Kier molecular flexibility index (Phi) is 7.29. The van der Waals surface area contributed by atoms with Gasteiger partial charge in [-0.15, -0.1) is 10.2 Å². The molecule has 0 radical (unpaired) electrons. The smallest absolute Gasteiger partial charge is 0.224 e. The summed E-state index contributed by atoms with van der Waals surface area (Å²) in [6, 6.07) is 17.9. The molecule has 0 atom stereocenters. The Morgan fingerprint density at radius 1 is 0.952 bits per heavy atom. The summed E-state index contributed by atoms with van der Waals surface area (Å²) in [6.07, 6.45) is 8.33. The maximum absolute atomic E-state index is 11.4. The first-order valence-electron chi connectivity index (χ1n) is 13.5. The van der Waals surface area contributed by atoms with Crippen molar-refractivity contribution < 1.29 is 13.2 Å². The highest BCUT2D eigenvalue weighted by Gasteiger charge is 2.12. The maximum Gasteiger partial charge on any atom is 0.224 e. The van der Waals surface area contributed by atoms with Crippen molar-refractivity contribution in [2.45, 2.75) is 26.2 Å². The second kappa shape index (κ2) is 11.2. The third-order valence-corrected chi connectivity index (χ3v) is 8.20. The highest BCUT2D eigenvalue weighted by Crippen LogP contribution is 2.32. The summed E-state index contributed by atoms with van der Waals surface area (Å²) >= 11 is 0. The molecule has 0 saturated heterocycles. The SMILES string of the molecule is Cc1cc(Nc2ncnc3ccc(-c4ccc(CCCCS(C)(=O)=O)n4C)cc23)ccc1Oc1cc2nncn2cn1. The van der Waals surface area contributed by atoms with Crippen molar-refractivity contribution in [3.8, 4) is 22.9 Å². The van der Waals surface area contributed by atoms with Crippen LogP contribution < -0.4 is 10.1 Å². The number of hydrogen-bond donors (Lipinski definition) is 1. The molecule has 0 fully saturated rings. The standard InChI is InChI=1S/C30H30N8O3S/c1-20-14-22(8-12-27(20)41-29-16-28-36-34-19-38(28)18-33-29)35-30-24-15-21(7-10-25(24)31-17-32-30)26-11-9-23(37(26)2)6-4-5-13-42(3,39)40/h7-12,14-19H,4-6,13H2,1-3H3,(H,31,32,35). The molecular weight excluding hydrogens is 552 g/mol. The van der Waals surface area contributed by atoms with Crippen LogP contribution in [0, 0.1) is 6.92 Å². The lowest BCUT2D eigenvalue weighted by Crippen LogP contribution is -2.04. The molecule has 4 heterocycles. The lowest BCUT2D eigenvalue weighted by molar-refractivity contribution is 0.458. The molecule has 4 aromatic heterocycles. The molecule has 0 aliphatic rings. The minimum Gasteiger partial charge on any atom is -0.439 e. The number of nitrogens with zero attached hydrogens (tertiary/aromatic N) is 7. The zero-order valence-electron chi connectivity index (χ0n) is 23.5. The minimum absolute atomic E-state index is 0.220. The molecule has 42 heavy (non-hydrogen) atoms. The predicted molar refractivity (Wildman–Crippen MR) is 162 cm³/mol. The van der Waals surface area contributed by atoms with Crippen LogP contribution >= 0.6 is 0 Å². The third kappa shape index (κ3) is 5.93. The number of rotatable bonds is 10. The Morgan fingerprint density at radius 2 is 1.83 bits per heavy atom. The first-order chi connectivity index (χ1) is 20.2. The van der Waals surface area contributed by atoms with Crippen LogP contribution in [0.4, 0.5) is 11.5 Å². The van der Waals surface area contributed by atoms with E-state index >= 15 is 0 Å². The molecule has 0 aliphatic heterocycles. The van der Waals surface area contributed by atoms with E-state index in [0.717, 1.165) is 51.9 Å². The van der Waals surface area contributed by atoms with E-state index < -0.39 is 9.84 Å². The summed E-state index contributed by atoms with van der Waals surface area (Å²) in [7, 11) is -0.895. The average molecular weight is 583 g/mol. The van der Waals surface area contributed by atoms with Gasteiger partial charge in [-0.25, -0.2) is 23.4 Å². The highest BCUT2D eigenvalue weighted by atomic mass is 32.2. The zero-order chi connectivity index (χ0) is 29.3. The quantitative estimate of drug-likeness (QED) is 0.214. The van der Waals surface area contributed by atoms with Crippen molar-refractivity contribution in [1.29, 1.82) is 0 Å². The normalized spacial score (nSPS) is 11.8. The van der Waals surface area contributed by atoms with E-state index in [9.17, 15) is 8.42 Å². The van der Waals surface area contributed by atoms with Gasteiger partial charge in [0.1, 0.15) is 40.4 Å². The Morgan fingerprint density at radius 3 is 2.67 bits per heavy atom. The molecule has 0 spiro atoms. The van der Waals surface area contributed by atoms with E-state index in [1.807, 2.05) is 38.2 Å². The Labute approximate surface area is 243 Å². The Bertz CT molecular complexity index is 2020. The van der Waals surface area contributed by atoms with Crippen LogP contribution in [0.3, 0.4) is 0 Å². The van der Waals surface area contributed by atoms with Crippen LogP contribution in [-0.4, -0.2) is 54.5 Å². The number of anilines is 2. The van der Waals surface area contributed by atoms with E-state index in [2.05, 4.69) is 59.3 Å². The molecule has 2 aromatic carbocycles. The maximum atomic E-state index is 11.4. The predicted octanol–water partition coefficient (Wildman–Crippen LogP) is 5.28. The molecule has 214 valence electrons. The van der Waals surface area contributed by atoms with Crippen LogP contribution in [0.25, 0.3) is 27.8 Å². The van der Waals surface area contributed by atoms with Gasteiger partial charge in [0.15, 0.2) is 5.65 Å². The van der Waals surface area contributed by atoms with Crippen molar-refractivity contribution >= 4 is 37.9 Å². The Hall–Kier alpha value is -4.84. The number of hydrogen-bond acceptors (Lipinski definition) is 9. The molecular formula is C30H30N8O3S. The van der Waals surface area contributed by atoms with E-state index in [4.69, 9.17) is 4.74 Å². The van der Waals surface area contributed by atoms with Gasteiger partial charge >= 0.3 is 0 Å². The molecule has 0 amide bonds. The van der Waals surface area contributed by atoms with Gasteiger partial charge < -0.3 is 14.6 Å². The molecule has 12 heteroatoms. The number of sulfone groups is 1. The summed E-state index contributed by atoms with van der Waals surface area (Å²) in [6.45, 7) is 1.97. The van der Waals surface area contributed by atoms with Crippen molar-refractivity contribution in [2.75, 3.05) is 17.3 Å².